The molecule has 1 aliphatic rings. The first-order valence-corrected chi connectivity index (χ1v) is 4.02. The number of hydrogen-bond donors (Lipinski definition) is 4. The van der Waals surface area contributed by atoms with Gasteiger partial charge in [0, 0.05) is 6.54 Å². The monoisotopic (exact) mass is 207 g/mol. The fourth-order valence-corrected chi connectivity index (χ4v) is 1.31. The van der Waals surface area contributed by atoms with E-state index in [-0.39, 0.29) is 6.54 Å². The topological polar surface area (TPSA) is 122 Å². The number of carbonyl (C=O) groups excluding carboxylic acids is 1. The van der Waals surface area contributed by atoms with Crippen LogP contribution in [-0.4, -0.2) is 59.0 Å². The quantitative estimate of drug-likeness (QED) is 0.354. The van der Waals surface area contributed by atoms with Gasteiger partial charge in [0.15, 0.2) is 0 Å². The Labute approximate surface area is 80.0 Å². The average molecular weight is 207 g/mol. The molecule has 82 valence electrons. The molecule has 0 spiro atoms. The third kappa shape index (κ3) is 1.49. The third-order valence-electron chi connectivity index (χ3n) is 2.15. The van der Waals surface area contributed by atoms with E-state index in [1.807, 2.05) is 0 Å². The smallest absolute Gasteiger partial charge is 0.369 e. The van der Waals surface area contributed by atoms with Crippen molar-refractivity contribution >= 4 is 5.97 Å². The minimum Gasteiger partial charge on any atom is -0.465 e. The second kappa shape index (κ2) is 3.79. The van der Waals surface area contributed by atoms with E-state index < -0.39 is 30.1 Å². The van der Waals surface area contributed by atoms with Gasteiger partial charge >= 0.3 is 5.97 Å². The maximum atomic E-state index is 11.0. The lowest BCUT2D eigenvalue weighted by Gasteiger charge is -2.22. The molecule has 7 nitrogen and oxygen atoms in total. The SMILES string of the molecule is COC(=O)[C@]1(O)O[C@H](CN)[C@@H](O)[C@@H]1O. The van der Waals surface area contributed by atoms with Crippen molar-refractivity contribution in [2.45, 2.75) is 24.1 Å². The van der Waals surface area contributed by atoms with Crippen molar-refractivity contribution in [3.05, 3.63) is 0 Å². The highest BCUT2D eigenvalue weighted by atomic mass is 16.7. The number of methoxy groups -OCH3 is 1. The van der Waals surface area contributed by atoms with Crippen molar-refractivity contribution in [1.82, 2.24) is 0 Å². The highest BCUT2D eigenvalue weighted by Crippen LogP contribution is 2.29. The van der Waals surface area contributed by atoms with Crippen LogP contribution in [0.25, 0.3) is 0 Å². The summed E-state index contributed by atoms with van der Waals surface area (Å²) in [6.07, 6.45) is -4.17. The van der Waals surface area contributed by atoms with Crippen LogP contribution in [0.1, 0.15) is 0 Å². The summed E-state index contributed by atoms with van der Waals surface area (Å²) in [5.41, 5.74) is 5.19. The molecular weight excluding hydrogens is 194 g/mol. The van der Waals surface area contributed by atoms with E-state index in [1.54, 1.807) is 0 Å². The Balaban J connectivity index is 2.87. The van der Waals surface area contributed by atoms with Gasteiger partial charge in [-0.05, 0) is 0 Å². The standard InChI is InChI=1S/C7H13NO6/c1-13-6(11)7(12)5(10)4(9)3(2-8)14-7/h3-5,9-10,12H,2,8H2,1H3/t3-,4-,5+,7-/m1/s1. The van der Waals surface area contributed by atoms with Crippen molar-refractivity contribution < 1.29 is 29.6 Å². The van der Waals surface area contributed by atoms with E-state index in [0.29, 0.717) is 0 Å². The number of carbonyl (C=O) groups is 1. The Morgan fingerprint density at radius 3 is 2.57 bits per heavy atom. The fourth-order valence-electron chi connectivity index (χ4n) is 1.31. The Morgan fingerprint density at radius 2 is 2.21 bits per heavy atom. The number of esters is 1. The molecule has 0 unspecified atom stereocenters. The summed E-state index contributed by atoms with van der Waals surface area (Å²) >= 11 is 0. The maximum absolute atomic E-state index is 11.0. The van der Waals surface area contributed by atoms with Crippen molar-refractivity contribution in [2.24, 2.45) is 5.73 Å². The number of hydrogen-bond acceptors (Lipinski definition) is 7. The summed E-state index contributed by atoms with van der Waals surface area (Å²) in [5.74, 6) is -3.70. The van der Waals surface area contributed by atoms with Crippen molar-refractivity contribution in [3.63, 3.8) is 0 Å². The van der Waals surface area contributed by atoms with Gasteiger partial charge in [-0.25, -0.2) is 4.79 Å². The van der Waals surface area contributed by atoms with E-state index in [0.717, 1.165) is 7.11 Å². The van der Waals surface area contributed by atoms with Gasteiger partial charge in [-0.1, -0.05) is 0 Å². The molecule has 0 radical (unpaired) electrons. The zero-order chi connectivity index (χ0) is 10.9. The van der Waals surface area contributed by atoms with Gasteiger partial charge in [-0.15, -0.1) is 0 Å². The molecule has 0 bridgehead atoms. The van der Waals surface area contributed by atoms with Crippen LogP contribution in [0.4, 0.5) is 0 Å². The molecule has 0 aliphatic carbocycles. The van der Waals surface area contributed by atoms with Crippen LogP contribution in [0.5, 0.6) is 0 Å². The van der Waals surface area contributed by atoms with Crippen LogP contribution in [0, 0.1) is 0 Å². The second-order valence-corrected chi connectivity index (χ2v) is 3.02. The normalized spacial score (nSPS) is 42.5. The minimum atomic E-state index is -2.53. The predicted octanol–water partition coefficient (Wildman–Crippen LogP) is -3.07. The van der Waals surface area contributed by atoms with Crippen molar-refractivity contribution in [1.29, 1.82) is 0 Å². The molecule has 1 fully saturated rings. The Hall–Kier alpha value is -0.730. The summed E-state index contributed by atoms with van der Waals surface area (Å²) in [6, 6.07) is 0. The van der Waals surface area contributed by atoms with E-state index in [1.165, 1.54) is 0 Å². The van der Waals surface area contributed by atoms with Crippen LogP contribution in [0.15, 0.2) is 0 Å². The lowest BCUT2D eigenvalue weighted by molar-refractivity contribution is -0.239. The second-order valence-electron chi connectivity index (χ2n) is 3.02. The van der Waals surface area contributed by atoms with Crippen LogP contribution >= 0.6 is 0 Å². The van der Waals surface area contributed by atoms with Gasteiger partial charge in [-0.2, -0.15) is 0 Å². The zero-order valence-corrected chi connectivity index (χ0v) is 7.58. The minimum absolute atomic E-state index is 0.127. The summed E-state index contributed by atoms with van der Waals surface area (Å²) in [7, 11) is 1.03. The highest BCUT2D eigenvalue weighted by molar-refractivity contribution is 5.78. The first-order chi connectivity index (χ1) is 6.47. The number of aliphatic hydroxyl groups excluding tert-OH is 2. The summed E-state index contributed by atoms with van der Waals surface area (Å²) in [4.78, 5) is 11.0. The number of nitrogens with two attached hydrogens (primary N) is 1. The molecule has 5 N–H and O–H groups in total. The predicted molar refractivity (Wildman–Crippen MR) is 42.9 cm³/mol. The fraction of sp³-hybridized carbons (Fsp3) is 0.857. The van der Waals surface area contributed by atoms with E-state index in [4.69, 9.17) is 10.5 Å². The van der Waals surface area contributed by atoms with Crippen LogP contribution in [0.3, 0.4) is 0 Å². The van der Waals surface area contributed by atoms with Gasteiger partial charge in [0.25, 0.3) is 5.79 Å². The Morgan fingerprint density at radius 1 is 1.64 bits per heavy atom. The Kier molecular flexibility index (Phi) is 3.07. The summed E-state index contributed by atoms with van der Waals surface area (Å²) in [5, 5.41) is 28.2. The van der Waals surface area contributed by atoms with Crippen molar-refractivity contribution in [2.75, 3.05) is 13.7 Å². The largest absolute Gasteiger partial charge is 0.465 e. The molecule has 14 heavy (non-hydrogen) atoms. The molecule has 0 saturated carbocycles. The molecular formula is C7H13NO6. The molecule has 1 aliphatic heterocycles. The van der Waals surface area contributed by atoms with Gasteiger partial charge in [-0.3, -0.25) is 0 Å². The van der Waals surface area contributed by atoms with E-state index in [2.05, 4.69) is 4.74 Å². The van der Waals surface area contributed by atoms with Crippen LogP contribution in [-0.2, 0) is 14.3 Å². The number of ether oxygens (including phenoxy) is 2. The van der Waals surface area contributed by atoms with Crippen LogP contribution in [0.2, 0.25) is 0 Å². The van der Waals surface area contributed by atoms with Crippen molar-refractivity contribution in [3.8, 4) is 0 Å². The lowest BCUT2D eigenvalue weighted by atomic mass is 10.1. The molecule has 0 aromatic carbocycles. The Bertz CT molecular complexity index is 234. The van der Waals surface area contributed by atoms with Gasteiger partial charge < -0.3 is 30.5 Å². The average Bonchev–Trinajstić information content (AvgIpc) is 2.42. The molecule has 0 aromatic rings. The molecule has 1 rings (SSSR count). The lowest BCUT2D eigenvalue weighted by Crippen LogP contribution is -2.50. The number of rotatable bonds is 2. The van der Waals surface area contributed by atoms with Gasteiger partial charge in [0.2, 0.25) is 0 Å². The van der Waals surface area contributed by atoms with E-state index >= 15 is 0 Å². The summed E-state index contributed by atoms with van der Waals surface area (Å²) in [6.45, 7) is -0.127. The molecule has 0 aromatic heterocycles. The van der Waals surface area contributed by atoms with Gasteiger partial charge in [0.1, 0.15) is 18.3 Å². The third-order valence-corrected chi connectivity index (χ3v) is 2.15. The zero-order valence-electron chi connectivity index (χ0n) is 7.58. The molecule has 7 heteroatoms. The van der Waals surface area contributed by atoms with Crippen LogP contribution < -0.4 is 5.73 Å². The van der Waals surface area contributed by atoms with Gasteiger partial charge in [0.05, 0.1) is 7.11 Å². The number of aliphatic hydroxyl groups is 3. The summed E-state index contributed by atoms with van der Waals surface area (Å²) < 4.78 is 8.95. The first-order valence-electron chi connectivity index (χ1n) is 4.02. The molecule has 1 heterocycles. The molecule has 4 atom stereocenters. The maximum Gasteiger partial charge on any atom is 0.369 e. The molecule has 1 saturated heterocycles. The molecule has 0 amide bonds. The first kappa shape index (κ1) is 11.3. The van der Waals surface area contributed by atoms with E-state index in [9.17, 15) is 20.1 Å². The highest BCUT2D eigenvalue weighted by Gasteiger charge is 2.58.